The summed E-state index contributed by atoms with van der Waals surface area (Å²) < 4.78 is 0. The zero-order chi connectivity index (χ0) is 19.9. The van der Waals surface area contributed by atoms with E-state index in [2.05, 4.69) is 37.0 Å². The predicted molar refractivity (Wildman–Crippen MR) is 118 cm³/mol. The maximum atomic E-state index is 6.58. The molecule has 1 unspecified atom stereocenters. The summed E-state index contributed by atoms with van der Waals surface area (Å²) >= 11 is 6.58. The molecule has 2 N–H and O–H groups in total. The third-order valence-corrected chi connectivity index (χ3v) is 6.64. The number of allylic oxidation sites excluding steroid dienone is 2. The number of likely N-dealkylation sites (tertiary alicyclic amines) is 1. The standard InChI is InChI=1S/C23H29ClN4/c1-15-5-4-6-18(21(15)24)20-8-7-17-13-16(2)27-22(19(17)14-26-20)28-11-9-23(3,25)10-12-28/h4-6,13-14,17H,7-12,25H2,1-3H3. The Bertz CT molecular complexity index is 897. The molecule has 148 valence electrons. The highest BCUT2D eigenvalue weighted by Crippen LogP contribution is 2.34. The van der Waals surface area contributed by atoms with E-state index in [1.54, 1.807) is 0 Å². The van der Waals surface area contributed by atoms with E-state index in [4.69, 9.17) is 27.3 Å². The number of nitrogens with two attached hydrogens (primary N) is 1. The van der Waals surface area contributed by atoms with Gasteiger partial charge in [0.25, 0.3) is 0 Å². The van der Waals surface area contributed by atoms with Gasteiger partial charge in [0, 0.05) is 53.3 Å². The van der Waals surface area contributed by atoms with Gasteiger partial charge in [-0.1, -0.05) is 35.9 Å². The summed E-state index contributed by atoms with van der Waals surface area (Å²) in [7, 11) is 0. The molecule has 3 aliphatic heterocycles. The van der Waals surface area contributed by atoms with Crippen molar-refractivity contribution < 1.29 is 0 Å². The molecule has 1 aromatic rings. The van der Waals surface area contributed by atoms with Crippen molar-refractivity contribution in [1.29, 1.82) is 0 Å². The highest BCUT2D eigenvalue weighted by molar-refractivity contribution is 6.35. The molecule has 0 saturated carbocycles. The van der Waals surface area contributed by atoms with Crippen molar-refractivity contribution in [3.63, 3.8) is 0 Å². The van der Waals surface area contributed by atoms with Crippen LogP contribution in [0.3, 0.4) is 0 Å². The minimum Gasteiger partial charge on any atom is -0.356 e. The lowest BCUT2D eigenvalue weighted by molar-refractivity contribution is 0.243. The maximum Gasteiger partial charge on any atom is 0.134 e. The van der Waals surface area contributed by atoms with E-state index in [1.165, 1.54) is 5.57 Å². The van der Waals surface area contributed by atoms with E-state index in [0.29, 0.717) is 5.92 Å². The molecular formula is C23H29ClN4. The minimum atomic E-state index is -0.0684. The first kappa shape index (κ1) is 19.4. The number of piperidine rings is 1. The molecule has 0 bridgehead atoms. The van der Waals surface area contributed by atoms with E-state index >= 15 is 0 Å². The number of benzene rings is 1. The van der Waals surface area contributed by atoms with Gasteiger partial charge in [0.15, 0.2) is 0 Å². The summed E-state index contributed by atoms with van der Waals surface area (Å²) in [5.74, 6) is 1.43. The molecule has 0 radical (unpaired) electrons. The topological polar surface area (TPSA) is 54.0 Å². The highest BCUT2D eigenvalue weighted by atomic mass is 35.5. The van der Waals surface area contributed by atoms with Crippen LogP contribution >= 0.6 is 11.6 Å². The Morgan fingerprint density at radius 1 is 1.21 bits per heavy atom. The number of amidine groups is 1. The molecule has 1 atom stereocenters. The molecule has 0 spiro atoms. The predicted octanol–water partition coefficient (Wildman–Crippen LogP) is 4.86. The molecule has 3 heterocycles. The smallest absolute Gasteiger partial charge is 0.134 e. The third kappa shape index (κ3) is 3.81. The average Bonchev–Trinajstić information content (AvgIpc) is 2.86. The van der Waals surface area contributed by atoms with Gasteiger partial charge in [-0.3, -0.25) is 4.99 Å². The van der Waals surface area contributed by atoms with Crippen LogP contribution in [0.5, 0.6) is 0 Å². The van der Waals surface area contributed by atoms with Crippen LogP contribution in [-0.4, -0.2) is 35.1 Å². The molecule has 28 heavy (non-hydrogen) atoms. The zero-order valence-electron chi connectivity index (χ0n) is 17.0. The van der Waals surface area contributed by atoms with Crippen molar-refractivity contribution in [2.75, 3.05) is 13.1 Å². The lowest BCUT2D eigenvalue weighted by Gasteiger charge is -2.40. The molecule has 1 aromatic carbocycles. The highest BCUT2D eigenvalue weighted by Gasteiger charge is 2.32. The monoisotopic (exact) mass is 396 g/mol. The fourth-order valence-electron chi connectivity index (χ4n) is 4.27. The van der Waals surface area contributed by atoms with Gasteiger partial charge in [0.05, 0.1) is 5.02 Å². The van der Waals surface area contributed by atoms with Crippen LogP contribution in [0.25, 0.3) is 0 Å². The van der Waals surface area contributed by atoms with Crippen molar-refractivity contribution in [2.24, 2.45) is 21.6 Å². The summed E-state index contributed by atoms with van der Waals surface area (Å²) in [6.45, 7) is 8.18. The van der Waals surface area contributed by atoms with Crippen LogP contribution in [0.1, 0.15) is 50.7 Å². The summed E-state index contributed by atoms with van der Waals surface area (Å²) in [6, 6.07) is 6.17. The first-order chi connectivity index (χ1) is 13.3. The first-order valence-electron chi connectivity index (χ1n) is 10.2. The SMILES string of the molecule is CC1=CC2CCC(c3cccc(C)c3Cl)=NC=C2C(N2CCC(C)(N)CC2)=N1. The Hall–Kier alpha value is -1.91. The minimum absolute atomic E-state index is 0.0684. The number of fused-ring (bicyclic) bond motifs is 1. The van der Waals surface area contributed by atoms with Crippen LogP contribution in [0.2, 0.25) is 5.02 Å². The van der Waals surface area contributed by atoms with Crippen LogP contribution in [0, 0.1) is 12.8 Å². The van der Waals surface area contributed by atoms with E-state index in [0.717, 1.165) is 72.2 Å². The van der Waals surface area contributed by atoms with Gasteiger partial charge in [0.2, 0.25) is 0 Å². The van der Waals surface area contributed by atoms with Gasteiger partial charge in [0.1, 0.15) is 5.84 Å². The van der Waals surface area contributed by atoms with E-state index in [-0.39, 0.29) is 5.54 Å². The maximum absolute atomic E-state index is 6.58. The average molecular weight is 397 g/mol. The fraction of sp³-hybridized carbons (Fsp3) is 0.478. The zero-order valence-corrected chi connectivity index (χ0v) is 17.8. The fourth-order valence-corrected chi connectivity index (χ4v) is 4.50. The van der Waals surface area contributed by atoms with Crippen molar-refractivity contribution in [3.8, 4) is 0 Å². The van der Waals surface area contributed by atoms with Crippen molar-refractivity contribution in [2.45, 2.75) is 52.0 Å². The number of rotatable bonds is 1. The Morgan fingerprint density at radius 3 is 2.71 bits per heavy atom. The molecule has 3 aliphatic rings. The molecule has 5 heteroatoms. The normalized spacial score (nSPS) is 24.5. The Kier molecular flexibility index (Phi) is 5.19. The number of aliphatic imine (C=N–C) groups is 2. The molecule has 4 nitrogen and oxygen atoms in total. The second-order valence-electron chi connectivity index (χ2n) is 8.63. The largest absolute Gasteiger partial charge is 0.356 e. The number of aryl methyl sites for hydroxylation is 1. The number of nitrogens with zero attached hydrogens (tertiary/aromatic N) is 3. The lowest BCUT2D eigenvalue weighted by Crippen LogP contribution is -2.50. The van der Waals surface area contributed by atoms with Crippen molar-refractivity contribution in [3.05, 3.63) is 57.9 Å². The van der Waals surface area contributed by atoms with E-state index in [1.807, 2.05) is 19.2 Å². The number of hydrogen-bond donors (Lipinski definition) is 1. The quantitative estimate of drug-likeness (QED) is 0.736. The van der Waals surface area contributed by atoms with Gasteiger partial charge in [-0.25, -0.2) is 4.99 Å². The first-order valence-corrected chi connectivity index (χ1v) is 10.6. The second kappa shape index (κ2) is 7.49. The molecule has 0 amide bonds. The summed E-state index contributed by atoms with van der Waals surface area (Å²) in [5, 5.41) is 0.809. The Balaban J connectivity index is 1.66. The van der Waals surface area contributed by atoms with Gasteiger partial charge >= 0.3 is 0 Å². The van der Waals surface area contributed by atoms with Crippen LogP contribution < -0.4 is 5.73 Å². The molecule has 0 aliphatic carbocycles. The number of halogens is 1. The van der Waals surface area contributed by atoms with Crippen LogP contribution in [-0.2, 0) is 0 Å². The molecule has 0 aromatic heterocycles. The Morgan fingerprint density at radius 2 is 1.96 bits per heavy atom. The summed E-state index contributed by atoms with van der Waals surface area (Å²) in [5.41, 5.74) is 11.8. The summed E-state index contributed by atoms with van der Waals surface area (Å²) in [6.07, 6.45) is 8.21. The second-order valence-corrected chi connectivity index (χ2v) is 9.00. The third-order valence-electron chi connectivity index (χ3n) is 6.14. The molecule has 1 saturated heterocycles. The van der Waals surface area contributed by atoms with Crippen LogP contribution in [0.15, 0.2) is 51.7 Å². The van der Waals surface area contributed by atoms with Crippen molar-refractivity contribution in [1.82, 2.24) is 4.90 Å². The molecule has 1 fully saturated rings. The van der Waals surface area contributed by atoms with E-state index in [9.17, 15) is 0 Å². The molecule has 4 rings (SSSR count). The number of hydrogen-bond acceptors (Lipinski definition) is 4. The van der Waals surface area contributed by atoms with Crippen molar-refractivity contribution >= 4 is 23.1 Å². The lowest BCUT2D eigenvalue weighted by atomic mass is 9.87. The van der Waals surface area contributed by atoms with E-state index < -0.39 is 0 Å². The van der Waals surface area contributed by atoms with Gasteiger partial charge in [-0.2, -0.15) is 0 Å². The molecular weight excluding hydrogens is 368 g/mol. The van der Waals surface area contributed by atoms with Gasteiger partial charge in [-0.15, -0.1) is 0 Å². The Labute approximate surface area is 172 Å². The summed E-state index contributed by atoms with van der Waals surface area (Å²) in [4.78, 5) is 12.2. The van der Waals surface area contributed by atoms with Gasteiger partial charge in [-0.05, 0) is 52.0 Å². The van der Waals surface area contributed by atoms with Gasteiger partial charge < -0.3 is 10.6 Å². The van der Waals surface area contributed by atoms with Crippen LogP contribution in [0.4, 0.5) is 0 Å².